The van der Waals surface area contributed by atoms with Gasteiger partial charge < -0.3 is 4.74 Å². The molecular formula is C10H7ClN6O2S. The van der Waals surface area contributed by atoms with Crippen LogP contribution in [0.2, 0.25) is 5.02 Å². The highest BCUT2D eigenvalue weighted by atomic mass is 35.5. The molecule has 0 saturated heterocycles. The van der Waals surface area contributed by atoms with Crippen LogP contribution in [0.5, 0.6) is 0 Å². The lowest BCUT2D eigenvalue weighted by atomic mass is 10.3. The first-order valence-electron chi connectivity index (χ1n) is 5.21. The number of nitrogens with zero attached hydrogens (tertiary/aromatic N) is 6. The average molecular weight is 311 g/mol. The largest absolute Gasteiger partial charge is 0.468 e. The van der Waals surface area contributed by atoms with Crippen molar-refractivity contribution < 1.29 is 9.53 Å². The van der Waals surface area contributed by atoms with Crippen molar-refractivity contribution in [2.45, 2.75) is 16.7 Å². The zero-order valence-electron chi connectivity index (χ0n) is 10.1. The minimum absolute atomic E-state index is 0.124. The van der Waals surface area contributed by atoms with E-state index in [1.165, 1.54) is 24.1 Å². The van der Waals surface area contributed by atoms with Crippen molar-refractivity contribution in [2.75, 3.05) is 7.11 Å². The van der Waals surface area contributed by atoms with Crippen molar-refractivity contribution in [2.24, 2.45) is 0 Å². The van der Waals surface area contributed by atoms with E-state index in [2.05, 4.69) is 25.2 Å². The van der Waals surface area contributed by atoms with Gasteiger partial charge in [0.25, 0.3) is 0 Å². The lowest BCUT2D eigenvalue weighted by Gasteiger charge is -2.04. The molecule has 0 aliphatic carbocycles. The first-order chi connectivity index (χ1) is 9.65. The average Bonchev–Trinajstić information content (AvgIpc) is 2.88. The molecule has 0 amide bonds. The molecule has 2 aromatic heterocycles. The van der Waals surface area contributed by atoms with Crippen LogP contribution in [0.1, 0.15) is 5.56 Å². The van der Waals surface area contributed by atoms with Crippen LogP contribution in [-0.4, -0.2) is 38.3 Å². The highest BCUT2D eigenvalue weighted by Gasteiger charge is 2.15. The number of hydrogen-bond donors (Lipinski definition) is 0. The maximum absolute atomic E-state index is 11.2. The van der Waals surface area contributed by atoms with Gasteiger partial charge in [-0.15, -0.1) is 5.10 Å². The van der Waals surface area contributed by atoms with Crippen molar-refractivity contribution in [3.63, 3.8) is 0 Å². The van der Waals surface area contributed by atoms with Gasteiger partial charge in [-0.2, -0.15) is 5.26 Å². The Kier molecular flexibility index (Phi) is 4.49. The Hall–Kier alpha value is -2.18. The number of esters is 1. The molecule has 8 nitrogen and oxygen atoms in total. The predicted octanol–water partition coefficient (Wildman–Crippen LogP) is 0.917. The van der Waals surface area contributed by atoms with Crippen LogP contribution in [0, 0.1) is 11.3 Å². The molecule has 0 saturated carbocycles. The Morgan fingerprint density at radius 3 is 3.15 bits per heavy atom. The highest BCUT2D eigenvalue weighted by molar-refractivity contribution is 7.99. The Bertz CT molecular complexity index is 683. The Balaban J connectivity index is 2.25. The Morgan fingerprint density at radius 1 is 1.65 bits per heavy atom. The lowest BCUT2D eigenvalue weighted by molar-refractivity contribution is -0.141. The van der Waals surface area contributed by atoms with Gasteiger partial charge in [-0.25, -0.2) is 9.67 Å². The first-order valence-corrected chi connectivity index (χ1v) is 6.40. The van der Waals surface area contributed by atoms with Gasteiger partial charge in [0.1, 0.15) is 17.6 Å². The Morgan fingerprint density at radius 2 is 2.45 bits per heavy atom. The normalized spacial score (nSPS) is 10.1. The van der Waals surface area contributed by atoms with Crippen molar-refractivity contribution >= 4 is 29.3 Å². The maximum Gasteiger partial charge on any atom is 0.327 e. The SMILES string of the molecule is COC(=O)Cn1nnnc1Sc1nccc(C#N)c1Cl. The van der Waals surface area contributed by atoms with E-state index in [1.54, 1.807) is 0 Å². The molecule has 0 spiro atoms. The van der Waals surface area contributed by atoms with Gasteiger partial charge in [0, 0.05) is 6.20 Å². The van der Waals surface area contributed by atoms with Gasteiger partial charge in [0.15, 0.2) is 0 Å². The van der Waals surface area contributed by atoms with Crippen LogP contribution >= 0.6 is 23.4 Å². The molecule has 2 aromatic rings. The Labute approximate surface area is 122 Å². The van der Waals surface area contributed by atoms with Crippen molar-refractivity contribution in [3.05, 3.63) is 22.8 Å². The second-order valence-electron chi connectivity index (χ2n) is 3.39. The molecule has 0 bridgehead atoms. The molecule has 102 valence electrons. The van der Waals surface area contributed by atoms with Gasteiger partial charge in [-0.1, -0.05) is 11.6 Å². The van der Waals surface area contributed by atoms with Crippen LogP contribution in [0.25, 0.3) is 0 Å². The third-order valence-electron chi connectivity index (χ3n) is 2.17. The van der Waals surface area contributed by atoms with Gasteiger partial charge in [0.05, 0.1) is 17.7 Å². The molecule has 10 heteroatoms. The minimum atomic E-state index is -0.482. The van der Waals surface area contributed by atoms with Gasteiger partial charge in [-0.05, 0) is 28.3 Å². The fraction of sp³-hybridized carbons (Fsp3) is 0.200. The van der Waals surface area contributed by atoms with Crippen molar-refractivity contribution in [3.8, 4) is 6.07 Å². The quantitative estimate of drug-likeness (QED) is 0.767. The lowest BCUT2D eigenvalue weighted by Crippen LogP contribution is -2.13. The fourth-order valence-electron chi connectivity index (χ4n) is 1.22. The first kappa shape index (κ1) is 14.2. The summed E-state index contributed by atoms with van der Waals surface area (Å²) >= 11 is 7.09. The summed E-state index contributed by atoms with van der Waals surface area (Å²) in [5, 5.41) is 20.7. The molecule has 0 radical (unpaired) electrons. The molecule has 20 heavy (non-hydrogen) atoms. The molecule has 2 heterocycles. The molecule has 0 atom stereocenters. The van der Waals surface area contributed by atoms with E-state index in [0.717, 1.165) is 11.8 Å². The second-order valence-corrected chi connectivity index (χ2v) is 4.72. The number of halogens is 1. The number of pyridine rings is 1. The molecular weight excluding hydrogens is 304 g/mol. The number of methoxy groups -OCH3 is 1. The maximum atomic E-state index is 11.2. The summed E-state index contributed by atoms with van der Waals surface area (Å²) in [5.74, 6) is -0.482. The zero-order valence-corrected chi connectivity index (χ0v) is 11.7. The third kappa shape index (κ3) is 3.04. The van der Waals surface area contributed by atoms with E-state index >= 15 is 0 Å². The molecule has 2 rings (SSSR count). The standard InChI is InChI=1S/C10H7ClN6O2S/c1-19-7(18)5-17-10(14-15-16-17)20-9-8(11)6(4-12)2-3-13-9/h2-3H,5H2,1H3. The molecule has 0 unspecified atom stereocenters. The number of nitriles is 1. The van der Waals surface area contributed by atoms with Crippen LogP contribution < -0.4 is 0 Å². The number of carbonyl (C=O) groups is 1. The van der Waals surface area contributed by atoms with Gasteiger partial charge in [0.2, 0.25) is 5.16 Å². The zero-order chi connectivity index (χ0) is 14.5. The number of rotatable bonds is 4. The van der Waals surface area contributed by atoms with E-state index in [-0.39, 0.29) is 11.6 Å². The van der Waals surface area contributed by atoms with Crippen LogP contribution in [0.4, 0.5) is 0 Å². The summed E-state index contributed by atoms with van der Waals surface area (Å²) in [6.45, 7) is -0.124. The van der Waals surface area contributed by atoms with Gasteiger partial charge in [-0.3, -0.25) is 4.79 Å². The predicted molar refractivity (Wildman–Crippen MR) is 67.9 cm³/mol. The smallest absolute Gasteiger partial charge is 0.327 e. The molecule has 0 fully saturated rings. The van der Waals surface area contributed by atoms with Crippen LogP contribution in [-0.2, 0) is 16.1 Å². The molecule has 0 aromatic carbocycles. The fourth-order valence-corrected chi connectivity index (χ4v) is 2.26. The number of tetrazole rings is 1. The summed E-state index contributed by atoms with van der Waals surface area (Å²) < 4.78 is 5.80. The van der Waals surface area contributed by atoms with Crippen LogP contribution in [0.15, 0.2) is 22.4 Å². The molecule has 0 aliphatic rings. The third-order valence-corrected chi connectivity index (χ3v) is 3.64. The minimum Gasteiger partial charge on any atom is -0.468 e. The van der Waals surface area contributed by atoms with Crippen molar-refractivity contribution in [1.82, 2.24) is 25.2 Å². The van der Waals surface area contributed by atoms with E-state index in [4.69, 9.17) is 16.9 Å². The summed E-state index contributed by atoms with van der Waals surface area (Å²) in [7, 11) is 1.27. The number of ether oxygens (including phenoxy) is 1. The van der Waals surface area contributed by atoms with E-state index in [9.17, 15) is 4.79 Å². The highest BCUT2D eigenvalue weighted by Crippen LogP contribution is 2.31. The van der Waals surface area contributed by atoms with Crippen molar-refractivity contribution in [1.29, 1.82) is 5.26 Å². The van der Waals surface area contributed by atoms with E-state index < -0.39 is 5.97 Å². The van der Waals surface area contributed by atoms with Crippen LogP contribution in [0.3, 0.4) is 0 Å². The number of aromatic nitrogens is 5. The summed E-state index contributed by atoms with van der Waals surface area (Å²) in [4.78, 5) is 15.3. The summed E-state index contributed by atoms with van der Waals surface area (Å²) in [5.41, 5.74) is 0.302. The van der Waals surface area contributed by atoms with E-state index in [1.807, 2.05) is 6.07 Å². The summed E-state index contributed by atoms with van der Waals surface area (Å²) in [6, 6.07) is 3.46. The van der Waals surface area contributed by atoms with E-state index in [0.29, 0.717) is 15.7 Å². The van der Waals surface area contributed by atoms with Gasteiger partial charge >= 0.3 is 5.97 Å². The topological polar surface area (TPSA) is 107 Å². The summed E-state index contributed by atoms with van der Waals surface area (Å²) in [6.07, 6.45) is 1.46. The number of carbonyl (C=O) groups excluding carboxylic acids is 1. The number of hydrogen-bond acceptors (Lipinski definition) is 8. The molecule has 0 N–H and O–H groups in total. The molecule has 0 aliphatic heterocycles. The monoisotopic (exact) mass is 310 g/mol. The second kappa shape index (κ2) is 6.31.